The highest BCUT2D eigenvalue weighted by Crippen LogP contribution is 2.45. The molecule has 4 nitrogen and oxygen atoms in total. The molecule has 0 bridgehead atoms. The minimum atomic E-state index is -0.251. The minimum absolute atomic E-state index is 0.120. The Hall–Kier alpha value is -3.21. The zero-order valence-corrected chi connectivity index (χ0v) is 15.0. The molecule has 2 aromatic carbocycles. The number of rotatable bonds is 5. The Balaban J connectivity index is 1.72. The van der Waals surface area contributed by atoms with Gasteiger partial charge in [-0.15, -0.1) is 0 Å². The number of aromatic nitrogens is 2. The highest BCUT2D eigenvalue weighted by molar-refractivity contribution is 5.87. The van der Waals surface area contributed by atoms with Gasteiger partial charge in [0.25, 0.3) is 0 Å². The first kappa shape index (κ1) is 17.2. The van der Waals surface area contributed by atoms with Crippen LogP contribution in [0.5, 0.6) is 0 Å². The molecule has 1 heterocycles. The van der Waals surface area contributed by atoms with Crippen molar-refractivity contribution in [2.75, 3.05) is 0 Å². The third kappa shape index (κ3) is 3.53. The van der Waals surface area contributed by atoms with Gasteiger partial charge < -0.3 is 5.32 Å². The third-order valence-electron chi connectivity index (χ3n) is 4.92. The van der Waals surface area contributed by atoms with Crippen LogP contribution in [0.1, 0.15) is 17.9 Å². The molecule has 1 saturated carbocycles. The molecule has 1 aliphatic rings. The van der Waals surface area contributed by atoms with E-state index in [-0.39, 0.29) is 23.7 Å². The fourth-order valence-electron chi connectivity index (χ4n) is 3.42. The number of amides is 1. The van der Waals surface area contributed by atoms with Gasteiger partial charge in [-0.3, -0.25) is 9.48 Å². The van der Waals surface area contributed by atoms with Crippen LogP contribution < -0.4 is 5.32 Å². The SMILES string of the molecule is C=CC(=O)NC1CC1c1ccc(-c2ccc(F)cc2)cc1-c1ccn(C)n1. The molecule has 2 atom stereocenters. The molecule has 0 saturated heterocycles. The van der Waals surface area contributed by atoms with Crippen molar-refractivity contribution in [3.8, 4) is 22.4 Å². The molecule has 1 amide bonds. The summed E-state index contributed by atoms with van der Waals surface area (Å²) in [6, 6.07) is 14.8. The number of carbonyl (C=O) groups excluding carboxylic acids is 1. The van der Waals surface area contributed by atoms with Gasteiger partial charge in [-0.1, -0.05) is 30.8 Å². The van der Waals surface area contributed by atoms with Crippen LogP contribution in [0.15, 0.2) is 67.4 Å². The van der Waals surface area contributed by atoms with E-state index in [0.29, 0.717) is 0 Å². The first-order valence-electron chi connectivity index (χ1n) is 8.88. The molecule has 136 valence electrons. The highest BCUT2D eigenvalue weighted by Gasteiger charge is 2.40. The van der Waals surface area contributed by atoms with Crippen LogP contribution in [0.3, 0.4) is 0 Å². The number of hydrogen-bond acceptors (Lipinski definition) is 2. The van der Waals surface area contributed by atoms with Crippen LogP contribution >= 0.6 is 0 Å². The number of hydrogen-bond donors (Lipinski definition) is 1. The lowest BCUT2D eigenvalue weighted by atomic mass is 9.95. The molecule has 0 aliphatic heterocycles. The molecule has 1 aliphatic carbocycles. The predicted molar refractivity (Wildman–Crippen MR) is 104 cm³/mol. The Morgan fingerprint density at radius 1 is 1.22 bits per heavy atom. The third-order valence-corrected chi connectivity index (χ3v) is 4.92. The number of nitrogens with one attached hydrogen (secondary N) is 1. The van der Waals surface area contributed by atoms with Crippen LogP contribution in [0.2, 0.25) is 0 Å². The standard InChI is InChI=1S/C22H20FN3O/c1-3-22(27)24-21-13-19(21)17-9-6-15(14-4-7-16(23)8-5-14)12-18(17)20-10-11-26(2)25-20/h3-12,19,21H,1,13H2,2H3,(H,24,27). The second-order valence-electron chi connectivity index (χ2n) is 6.84. The maximum absolute atomic E-state index is 13.2. The van der Waals surface area contributed by atoms with E-state index in [9.17, 15) is 9.18 Å². The molecule has 0 spiro atoms. The Bertz CT molecular complexity index is 1010. The molecule has 5 heteroatoms. The van der Waals surface area contributed by atoms with E-state index in [0.717, 1.165) is 34.4 Å². The average molecular weight is 361 g/mol. The summed E-state index contributed by atoms with van der Waals surface area (Å²) in [7, 11) is 1.89. The number of carbonyl (C=O) groups is 1. The summed E-state index contributed by atoms with van der Waals surface area (Å²) in [5.74, 6) is -0.142. The Kier molecular flexibility index (Phi) is 4.36. The van der Waals surface area contributed by atoms with Crippen molar-refractivity contribution in [3.63, 3.8) is 0 Å². The topological polar surface area (TPSA) is 46.9 Å². The average Bonchev–Trinajstić information content (AvgIpc) is 3.30. The van der Waals surface area contributed by atoms with Crippen molar-refractivity contribution in [3.05, 3.63) is 78.8 Å². The summed E-state index contributed by atoms with van der Waals surface area (Å²) in [4.78, 5) is 11.6. The van der Waals surface area contributed by atoms with E-state index < -0.39 is 0 Å². The number of halogens is 1. The summed E-state index contributed by atoms with van der Waals surface area (Å²) < 4.78 is 15.0. The molecular formula is C22H20FN3O. The van der Waals surface area contributed by atoms with Crippen molar-refractivity contribution in [2.24, 2.45) is 7.05 Å². The lowest BCUT2D eigenvalue weighted by Gasteiger charge is -2.11. The summed E-state index contributed by atoms with van der Waals surface area (Å²) in [5, 5.41) is 7.52. The van der Waals surface area contributed by atoms with Crippen molar-refractivity contribution >= 4 is 5.91 Å². The van der Waals surface area contributed by atoms with Gasteiger partial charge in [0.05, 0.1) is 5.69 Å². The lowest BCUT2D eigenvalue weighted by Crippen LogP contribution is -2.24. The van der Waals surface area contributed by atoms with Crippen molar-refractivity contribution < 1.29 is 9.18 Å². The van der Waals surface area contributed by atoms with Crippen molar-refractivity contribution in [1.29, 1.82) is 0 Å². The fraction of sp³-hybridized carbons (Fsp3) is 0.182. The fourth-order valence-corrected chi connectivity index (χ4v) is 3.42. The summed E-state index contributed by atoms with van der Waals surface area (Å²) >= 11 is 0. The summed E-state index contributed by atoms with van der Waals surface area (Å²) in [6.07, 6.45) is 4.11. The quantitative estimate of drug-likeness (QED) is 0.697. The zero-order valence-electron chi connectivity index (χ0n) is 15.0. The van der Waals surface area contributed by atoms with Crippen LogP contribution in [-0.4, -0.2) is 21.7 Å². The second kappa shape index (κ2) is 6.83. The van der Waals surface area contributed by atoms with E-state index in [4.69, 9.17) is 0 Å². The molecule has 2 unspecified atom stereocenters. The summed E-state index contributed by atoms with van der Waals surface area (Å²) in [5.41, 5.74) is 5.04. The highest BCUT2D eigenvalue weighted by atomic mass is 19.1. The number of aryl methyl sites for hydroxylation is 1. The maximum Gasteiger partial charge on any atom is 0.243 e. The van der Waals surface area contributed by atoms with E-state index in [1.54, 1.807) is 16.8 Å². The first-order valence-corrected chi connectivity index (χ1v) is 8.88. The zero-order chi connectivity index (χ0) is 19.0. The van der Waals surface area contributed by atoms with Crippen LogP contribution in [0, 0.1) is 5.82 Å². The Morgan fingerprint density at radius 2 is 1.96 bits per heavy atom. The van der Waals surface area contributed by atoms with E-state index in [1.807, 2.05) is 25.4 Å². The minimum Gasteiger partial charge on any atom is -0.349 e. The van der Waals surface area contributed by atoms with Crippen LogP contribution in [0.25, 0.3) is 22.4 Å². The number of nitrogens with zero attached hydrogens (tertiary/aromatic N) is 2. The van der Waals surface area contributed by atoms with Gasteiger partial charge >= 0.3 is 0 Å². The first-order chi connectivity index (χ1) is 13.0. The van der Waals surface area contributed by atoms with Crippen LogP contribution in [-0.2, 0) is 11.8 Å². The molecule has 1 fully saturated rings. The second-order valence-corrected chi connectivity index (χ2v) is 6.84. The van der Waals surface area contributed by atoms with Gasteiger partial charge in [0.15, 0.2) is 0 Å². The Morgan fingerprint density at radius 3 is 2.63 bits per heavy atom. The van der Waals surface area contributed by atoms with Gasteiger partial charge in [0.2, 0.25) is 5.91 Å². The van der Waals surface area contributed by atoms with Crippen LogP contribution in [0.4, 0.5) is 4.39 Å². The van der Waals surface area contributed by atoms with E-state index in [2.05, 4.69) is 29.1 Å². The predicted octanol–water partition coefficient (Wildman–Crippen LogP) is 4.05. The smallest absolute Gasteiger partial charge is 0.243 e. The number of benzene rings is 2. The summed E-state index contributed by atoms with van der Waals surface area (Å²) in [6.45, 7) is 3.51. The van der Waals surface area contributed by atoms with Gasteiger partial charge in [0, 0.05) is 30.8 Å². The Labute approximate surface area is 157 Å². The van der Waals surface area contributed by atoms with E-state index >= 15 is 0 Å². The van der Waals surface area contributed by atoms with Gasteiger partial charge in [-0.25, -0.2) is 4.39 Å². The van der Waals surface area contributed by atoms with Crippen molar-refractivity contribution in [1.82, 2.24) is 15.1 Å². The maximum atomic E-state index is 13.2. The van der Waals surface area contributed by atoms with Crippen molar-refractivity contribution in [2.45, 2.75) is 18.4 Å². The molecule has 27 heavy (non-hydrogen) atoms. The van der Waals surface area contributed by atoms with Gasteiger partial charge in [0.1, 0.15) is 5.82 Å². The van der Waals surface area contributed by atoms with E-state index in [1.165, 1.54) is 18.2 Å². The molecule has 4 rings (SSSR count). The molecule has 3 aromatic rings. The largest absolute Gasteiger partial charge is 0.349 e. The molecule has 0 radical (unpaired) electrons. The molecule has 1 aromatic heterocycles. The normalized spacial score (nSPS) is 18.1. The lowest BCUT2D eigenvalue weighted by molar-refractivity contribution is -0.116. The molecular weight excluding hydrogens is 341 g/mol. The monoisotopic (exact) mass is 361 g/mol. The molecule has 1 N–H and O–H groups in total. The van der Waals surface area contributed by atoms with Gasteiger partial charge in [-0.05, 0) is 53.5 Å². The van der Waals surface area contributed by atoms with Gasteiger partial charge in [-0.2, -0.15) is 5.10 Å².